The standard InChI is InChI=1S/C9H19NO2/c1-3-8(6-10)9(11)4-5-12-7(9)2/h7-8,11H,3-6,10H2,1-2H3. The Hall–Kier alpha value is -0.120. The van der Waals surface area contributed by atoms with Crippen molar-refractivity contribution in [1.82, 2.24) is 0 Å². The summed E-state index contributed by atoms with van der Waals surface area (Å²) in [6, 6.07) is 0. The van der Waals surface area contributed by atoms with Crippen molar-refractivity contribution >= 4 is 0 Å². The minimum absolute atomic E-state index is 0.0639. The molecule has 0 radical (unpaired) electrons. The van der Waals surface area contributed by atoms with Gasteiger partial charge in [-0.1, -0.05) is 6.92 Å². The lowest BCUT2D eigenvalue weighted by Crippen LogP contribution is -2.46. The fraction of sp³-hybridized carbons (Fsp3) is 1.00. The van der Waals surface area contributed by atoms with Crippen LogP contribution in [-0.2, 0) is 4.74 Å². The lowest BCUT2D eigenvalue weighted by Gasteiger charge is -2.33. The average Bonchev–Trinajstić information content (AvgIpc) is 2.36. The summed E-state index contributed by atoms with van der Waals surface area (Å²) in [5, 5.41) is 10.2. The molecule has 3 atom stereocenters. The summed E-state index contributed by atoms with van der Waals surface area (Å²) in [6.45, 7) is 5.18. The van der Waals surface area contributed by atoms with E-state index in [9.17, 15) is 5.11 Å². The van der Waals surface area contributed by atoms with Crippen LogP contribution < -0.4 is 5.73 Å². The second kappa shape index (κ2) is 3.73. The monoisotopic (exact) mass is 173 g/mol. The first-order valence-electron chi connectivity index (χ1n) is 4.69. The molecular formula is C9H19NO2. The third-order valence-electron chi connectivity index (χ3n) is 3.06. The second-order valence-electron chi connectivity index (χ2n) is 3.60. The van der Waals surface area contributed by atoms with Gasteiger partial charge in [0.2, 0.25) is 0 Å². The molecule has 1 aliphatic rings. The van der Waals surface area contributed by atoms with Crippen molar-refractivity contribution in [3.05, 3.63) is 0 Å². The second-order valence-corrected chi connectivity index (χ2v) is 3.60. The lowest BCUT2D eigenvalue weighted by atomic mass is 9.81. The zero-order chi connectivity index (χ0) is 9.19. The van der Waals surface area contributed by atoms with Crippen molar-refractivity contribution < 1.29 is 9.84 Å². The summed E-state index contributed by atoms with van der Waals surface area (Å²) in [5.41, 5.74) is 4.92. The Morgan fingerprint density at radius 2 is 2.42 bits per heavy atom. The topological polar surface area (TPSA) is 55.5 Å². The molecule has 1 rings (SSSR count). The predicted octanol–water partition coefficient (Wildman–Crippen LogP) is 0.511. The van der Waals surface area contributed by atoms with E-state index in [0.29, 0.717) is 13.2 Å². The van der Waals surface area contributed by atoms with Crippen LogP contribution in [0.15, 0.2) is 0 Å². The molecule has 1 fully saturated rings. The Kier molecular flexibility index (Phi) is 3.09. The van der Waals surface area contributed by atoms with Crippen LogP contribution in [0.3, 0.4) is 0 Å². The molecule has 0 amide bonds. The number of nitrogens with two attached hydrogens (primary N) is 1. The number of aliphatic hydroxyl groups is 1. The minimum atomic E-state index is -0.677. The SMILES string of the molecule is CCC(CN)C1(O)CCOC1C. The van der Waals surface area contributed by atoms with Crippen LogP contribution in [0.25, 0.3) is 0 Å². The Morgan fingerprint density at radius 1 is 1.75 bits per heavy atom. The molecule has 0 aromatic rings. The fourth-order valence-corrected chi connectivity index (χ4v) is 2.01. The van der Waals surface area contributed by atoms with Crippen LogP contribution in [0.2, 0.25) is 0 Å². The van der Waals surface area contributed by atoms with Crippen molar-refractivity contribution in [2.24, 2.45) is 11.7 Å². The molecule has 0 spiro atoms. The zero-order valence-corrected chi connectivity index (χ0v) is 7.92. The van der Waals surface area contributed by atoms with Crippen molar-refractivity contribution in [3.8, 4) is 0 Å². The number of ether oxygens (including phenoxy) is 1. The van der Waals surface area contributed by atoms with Crippen LogP contribution in [0.5, 0.6) is 0 Å². The molecule has 3 heteroatoms. The summed E-state index contributed by atoms with van der Waals surface area (Å²) in [5.74, 6) is 0.176. The van der Waals surface area contributed by atoms with Gasteiger partial charge in [0.15, 0.2) is 0 Å². The van der Waals surface area contributed by atoms with Crippen LogP contribution in [-0.4, -0.2) is 30.0 Å². The van der Waals surface area contributed by atoms with Crippen molar-refractivity contribution in [3.63, 3.8) is 0 Å². The summed E-state index contributed by atoms with van der Waals surface area (Å²) in [4.78, 5) is 0. The van der Waals surface area contributed by atoms with Crippen molar-refractivity contribution in [1.29, 1.82) is 0 Å². The van der Waals surface area contributed by atoms with Gasteiger partial charge in [0.1, 0.15) is 0 Å². The minimum Gasteiger partial charge on any atom is -0.387 e. The molecule has 3 unspecified atom stereocenters. The molecule has 72 valence electrons. The van der Waals surface area contributed by atoms with Gasteiger partial charge in [-0.05, 0) is 19.9 Å². The van der Waals surface area contributed by atoms with E-state index < -0.39 is 5.60 Å². The molecule has 0 bridgehead atoms. The van der Waals surface area contributed by atoms with Crippen LogP contribution in [0.1, 0.15) is 26.7 Å². The Bertz CT molecular complexity index is 147. The van der Waals surface area contributed by atoms with Gasteiger partial charge in [-0.2, -0.15) is 0 Å². The Balaban J connectivity index is 2.67. The summed E-state index contributed by atoms with van der Waals surface area (Å²) < 4.78 is 5.35. The zero-order valence-electron chi connectivity index (χ0n) is 7.92. The van der Waals surface area contributed by atoms with Crippen LogP contribution in [0, 0.1) is 5.92 Å². The molecule has 0 aromatic heterocycles. The molecule has 1 aliphatic heterocycles. The maximum Gasteiger partial charge on any atom is 0.0967 e. The quantitative estimate of drug-likeness (QED) is 0.654. The summed E-state index contributed by atoms with van der Waals surface area (Å²) in [7, 11) is 0. The molecule has 12 heavy (non-hydrogen) atoms. The van der Waals surface area contributed by atoms with E-state index in [1.54, 1.807) is 0 Å². The Morgan fingerprint density at radius 3 is 2.75 bits per heavy atom. The van der Waals surface area contributed by atoms with Gasteiger partial charge in [0.25, 0.3) is 0 Å². The number of rotatable bonds is 3. The van der Waals surface area contributed by atoms with Gasteiger partial charge in [-0.15, -0.1) is 0 Å². The third kappa shape index (κ3) is 1.49. The first-order chi connectivity index (χ1) is 5.65. The first kappa shape index (κ1) is 9.96. The molecule has 0 aromatic carbocycles. The fourth-order valence-electron chi connectivity index (χ4n) is 2.01. The molecule has 1 saturated heterocycles. The van der Waals surface area contributed by atoms with Gasteiger partial charge < -0.3 is 15.6 Å². The smallest absolute Gasteiger partial charge is 0.0967 e. The average molecular weight is 173 g/mol. The first-order valence-corrected chi connectivity index (χ1v) is 4.69. The summed E-state index contributed by atoms with van der Waals surface area (Å²) >= 11 is 0. The molecule has 0 saturated carbocycles. The van der Waals surface area contributed by atoms with Gasteiger partial charge in [-0.25, -0.2) is 0 Å². The van der Waals surface area contributed by atoms with Gasteiger partial charge in [0, 0.05) is 18.9 Å². The largest absolute Gasteiger partial charge is 0.387 e. The number of hydrogen-bond donors (Lipinski definition) is 2. The van der Waals surface area contributed by atoms with E-state index in [2.05, 4.69) is 6.92 Å². The maximum atomic E-state index is 10.2. The maximum absolute atomic E-state index is 10.2. The highest BCUT2D eigenvalue weighted by molar-refractivity contribution is 4.95. The van der Waals surface area contributed by atoms with E-state index in [1.165, 1.54) is 0 Å². The Labute approximate surface area is 73.9 Å². The van der Waals surface area contributed by atoms with Gasteiger partial charge in [0.05, 0.1) is 11.7 Å². The predicted molar refractivity (Wildman–Crippen MR) is 47.8 cm³/mol. The lowest BCUT2D eigenvalue weighted by molar-refractivity contribution is -0.0677. The van der Waals surface area contributed by atoms with Gasteiger partial charge >= 0.3 is 0 Å². The van der Waals surface area contributed by atoms with Crippen molar-refractivity contribution in [2.45, 2.75) is 38.4 Å². The molecular weight excluding hydrogens is 154 g/mol. The van der Waals surface area contributed by atoms with E-state index in [0.717, 1.165) is 12.8 Å². The highest BCUT2D eigenvalue weighted by atomic mass is 16.5. The molecule has 0 aliphatic carbocycles. The normalized spacial score (nSPS) is 38.5. The highest BCUT2D eigenvalue weighted by Gasteiger charge is 2.44. The number of hydrogen-bond acceptors (Lipinski definition) is 3. The molecule has 3 nitrogen and oxygen atoms in total. The van der Waals surface area contributed by atoms with E-state index in [4.69, 9.17) is 10.5 Å². The summed E-state index contributed by atoms with van der Waals surface area (Å²) in [6.07, 6.45) is 1.58. The van der Waals surface area contributed by atoms with Crippen molar-refractivity contribution in [2.75, 3.05) is 13.2 Å². The van der Waals surface area contributed by atoms with E-state index in [1.807, 2.05) is 6.92 Å². The van der Waals surface area contributed by atoms with Crippen LogP contribution >= 0.6 is 0 Å². The highest BCUT2D eigenvalue weighted by Crippen LogP contribution is 2.34. The van der Waals surface area contributed by atoms with Gasteiger partial charge in [-0.3, -0.25) is 0 Å². The van der Waals surface area contributed by atoms with Crippen LogP contribution in [0.4, 0.5) is 0 Å². The molecule has 3 N–H and O–H groups in total. The third-order valence-corrected chi connectivity index (χ3v) is 3.06. The molecule has 1 heterocycles. The van der Waals surface area contributed by atoms with E-state index >= 15 is 0 Å². The van der Waals surface area contributed by atoms with E-state index in [-0.39, 0.29) is 12.0 Å².